The molecule has 0 saturated carbocycles. The molecule has 0 aromatic heterocycles. The van der Waals surface area contributed by atoms with Crippen molar-refractivity contribution in [3.63, 3.8) is 0 Å². The second-order valence-electron chi connectivity index (χ2n) is 6.04. The maximum atomic E-state index is 12.2. The SMILES string of the molecule is CC(O)C1CCN(CC(=O)N2CCN(C)CC2)CC1. The fraction of sp³-hybridized carbons (Fsp3) is 0.929. The van der Waals surface area contributed by atoms with Crippen LogP contribution in [0.3, 0.4) is 0 Å². The van der Waals surface area contributed by atoms with Crippen LogP contribution in [0.1, 0.15) is 19.8 Å². The average molecular weight is 269 g/mol. The van der Waals surface area contributed by atoms with Gasteiger partial charge in [-0.25, -0.2) is 0 Å². The highest BCUT2D eigenvalue weighted by atomic mass is 16.3. The summed E-state index contributed by atoms with van der Waals surface area (Å²) in [6.07, 6.45) is 1.80. The monoisotopic (exact) mass is 269 g/mol. The van der Waals surface area contributed by atoms with E-state index in [1.165, 1.54) is 0 Å². The van der Waals surface area contributed by atoms with Crippen LogP contribution in [0.4, 0.5) is 0 Å². The first kappa shape index (κ1) is 14.8. The first-order valence-electron chi connectivity index (χ1n) is 7.43. The summed E-state index contributed by atoms with van der Waals surface area (Å²) in [5, 5.41) is 9.58. The number of likely N-dealkylation sites (tertiary alicyclic amines) is 1. The predicted molar refractivity (Wildman–Crippen MR) is 74.9 cm³/mol. The molecule has 1 N–H and O–H groups in total. The Kier molecular flexibility index (Phi) is 5.19. The molecule has 2 fully saturated rings. The van der Waals surface area contributed by atoms with Crippen LogP contribution < -0.4 is 0 Å². The molecule has 0 aromatic rings. The molecule has 5 heteroatoms. The van der Waals surface area contributed by atoms with Gasteiger partial charge in [-0.05, 0) is 45.8 Å². The molecule has 0 bridgehead atoms. The summed E-state index contributed by atoms with van der Waals surface area (Å²) in [5.74, 6) is 0.679. The lowest BCUT2D eigenvalue weighted by molar-refractivity contribution is -0.134. The van der Waals surface area contributed by atoms with Gasteiger partial charge in [-0.3, -0.25) is 9.69 Å². The van der Waals surface area contributed by atoms with Crippen LogP contribution in [-0.4, -0.2) is 84.7 Å². The van der Waals surface area contributed by atoms with E-state index < -0.39 is 0 Å². The minimum Gasteiger partial charge on any atom is -0.393 e. The summed E-state index contributed by atoms with van der Waals surface area (Å²) in [4.78, 5) is 18.7. The van der Waals surface area contributed by atoms with Crippen molar-refractivity contribution in [3.8, 4) is 0 Å². The van der Waals surface area contributed by atoms with Crippen LogP contribution in [-0.2, 0) is 4.79 Å². The van der Waals surface area contributed by atoms with Gasteiger partial charge in [-0.1, -0.05) is 0 Å². The molecular formula is C14H27N3O2. The molecule has 0 radical (unpaired) electrons. The Hall–Kier alpha value is -0.650. The summed E-state index contributed by atoms with van der Waals surface area (Å²) in [5.41, 5.74) is 0. The van der Waals surface area contributed by atoms with Crippen LogP contribution in [0.5, 0.6) is 0 Å². The van der Waals surface area contributed by atoms with Gasteiger partial charge in [0.2, 0.25) is 5.91 Å². The number of carbonyl (C=O) groups excluding carboxylic acids is 1. The Morgan fingerprint density at radius 3 is 2.26 bits per heavy atom. The smallest absolute Gasteiger partial charge is 0.236 e. The Bertz CT molecular complexity index is 293. The minimum atomic E-state index is -0.213. The molecule has 1 unspecified atom stereocenters. The normalized spacial score (nSPS) is 25.5. The second-order valence-corrected chi connectivity index (χ2v) is 6.04. The maximum absolute atomic E-state index is 12.2. The lowest BCUT2D eigenvalue weighted by Crippen LogP contribution is -2.51. The van der Waals surface area contributed by atoms with E-state index in [1.54, 1.807) is 0 Å². The fourth-order valence-electron chi connectivity index (χ4n) is 2.94. The Morgan fingerprint density at radius 1 is 1.16 bits per heavy atom. The van der Waals surface area contributed by atoms with Crippen LogP contribution in [0.2, 0.25) is 0 Å². The van der Waals surface area contributed by atoms with E-state index in [-0.39, 0.29) is 12.0 Å². The molecule has 5 nitrogen and oxygen atoms in total. The number of piperidine rings is 1. The summed E-state index contributed by atoms with van der Waals surface area (Å²) in [7, 11) is 2.10. The van der Waals surface area contributed by atoms with Gasteiger partial charge >= 0.3 is 0 Å². The molecule has 2 saturated heterocycles. The number of likely N-dealkylation sites (N-methyl/N-ethyl adjacent to an activating group) is 1. The molecule has 0 aromatic carbocycles. The van der Waals surface area contributed by atoms with Crippen LogP contribution in [0.15, 0.2) is 0 Å². The van der Waals surface area contributed by atoms with E-state index >= 15 is 0 Å². The van der Waals surface area contributed by atoms with Crippen molar-refractivity contribution in [2.45, 2.75) is 25.9 Å². The van der Waals surface area contributed by atoms with E-state index in [0.29, 0.717) is 12.5 Å². The Balaban J connectivity index is 1.72. The van der Waals surface area contributed by atoms with Gasteiger partial charge in [0.1, 0.15) is 0 Å². The molecule has 0 aliphatic carbocycles. The molecule has 0 spiro atoms. The van der Waals surface area contributed by atoms with E-state index in [4.69, 9.17) is 0 Å². The quantitative estimate of drug-likeness (QED) is 0.774. The fourth-order valence-corrected chi connectivity index (χ4v) is 2.94. The molecule has 1 amide bonds. The number of carbonyl (C=O) groups is 1. The first-order chi connectivity index (χ1) is 9.06. The van der Waals surface area contributed by atoms with Gasteiger partial charge < -0.3 is 14.9 Å². The molecule has 110 valence electrons. The number of aliphatic hydroxyl groups excluding tert-OH is 1. The molecular weight excluding hydrogens is 242 g/mol. The summed E-state index contributed by atoms with van der Waals surface area (Å²) in [6.45, 7) is 7.99. The van der Waals surface area contributed by atoms with Gasteiger partial charge in [-0.15, -0.1) is 0 Å². The van der Waals surface area contributed by atoms with Crippen molar-refractivity contribution < 1.29 is 9.90 Å². The topological polar surface area (TPSA) is 47.0 Å². The molecule has 2 heterocycles. The van der Waals surface area contributed by atoms with Gasteiger partial charge in [0.25, 0.3) is 0 Å². The zero-order valence-corrected chi connectivity index (χ0v) is 12.2. The number of nitrogens with zero attached hydrogens (tertiary/aromatic N) is 3. The Morgan fingerprint density at radius 2 is 1.74 bits per heavy atom. The summed E-state index contributed by atoms with van der Waals surface area (Å²) in [6, 6.07) is 0. The second kappa shape index (κ2) is 6.68. The van der Waals surface area contributed by atoms with Crippen molar-refractivity contribution in [3.05, 3.63) is 0 Å². The maximum Gasteiger partial charge on any atom is 0.236 e. The molecule has 2 rings (SSSR count). The highest BCUT2D eigenvalue weighted by molar-refractivity contribution is 5.78. The van der Waals surface area contributed by atoms with Crippen LogP contribution in [0, 0.1) is 5.92 Å². The predicted octanol–water partition coefficient (Wildman–Crippen LogP) is -0.147. The van der Waals surface area contributed by atoms with Crippen molar-refractivity contribution >= 4 is 5.91 Å². The first-order valence-corrected chi connectivity index (χ1v) is 7.43. The molecule has 2 aliphatic rings. The minimum absolute atomic E-state index is 0.213. The number of aliphatic hydroxyl groups is 1. The van der Waals surface area contributed by atoms with E-state index in [2.05, 4.69) is 16.8 Å². The third kappa shape index (κ3) is 4.16. The largest absolute Gasteiger partial charge is 0.393 e. The third-order valence-electron chi connectivity index (χ3n) is 4.53. The highest BCUT2D eigenvalue weighted by Crippen LogP contribution is 2.20. The number of hydrogen-bond donors (Lipinski definition) is 1. The standard InChI is InChI=1S/C14H27N3O2/c1-12(18)13-3-5-16(6-4-13)11-14(19)17-9-7-15(2)8-10-17/h12-13,18H,3-11H2,1-2H3. The zero-order chi connectivity index (χ0) is 13.8. The van der Waals surface area contributed by atoms with E-state index in [9.17, 15) is 9.90 Å². The van der Waals surface area contributed by atoms with E-state index in [1.807, 2.05) is 11.8 Å². The number of amides is 1. The third-order valence-corrected chi connectivity index (χ3v) is 4.53. The molecule has 19 heavy (non-hydrogen) atoms. The van der Waals surface area contributed by atoms with Gasteiger partial charge in [0.05, 0.1) is 12.6 Å². The van der Waals surface area contributed by atoms with Crippen molar-refractivity contribution in [1.29, 1.82) is 0 Å². The van der Waals surface area contributed by atoms with Gasteiger partial charge in [-0.2, -0.15) is 0 Å². The van der Waals surface area contributed by atoms with Crippen molar-refractivity contribution in [2.24, 2.45) is 5.92 Å². The number of rotatable bonds is 3. The lowest BCUT2D eigenvalue weighted by atomic mass is 9.92. The number of hydrogen-bond acceptors (Lipinski definition) is 4. The lowest BCUT2D eigenvalue weighted by Gasteiger charge is -2.36. The summed E-state index contributed by atoms with van der Waals surface area (Å²) < 4.78 is 0. The van der Waals surface area contributed by atoms with Crippen LogP contribution >= 0.6 is 0 Å². The molecule has 2 aliphatic heterocycles. The van der Waals surface area contributed by atoms with Crippen molar-refractivity contribution in [2.75, 3.05) is 52.9 Å². The molecule has 1 atom stereocenters. The summed E-state index contributed by atoms with van der Waals surface area (Å²) >= 11 is 0. The van der Waals surface area contributed by atoms with Crippen molar-refractivity contribution in [1.82, 2.24) is 14.7 Å². The van der Waals surface area contributed by atoms with E-state index in [0.717, 1.165) is 52.1 Å². The Labute approximate surface area is 116 Å². The number of piperazine rings is 1. The van der Waals surface area contributed by atoms with Gasteiger partial charge in [0, 0.05) is 26.2 Å². The highest BCUT2D eigenvalue weighted by Gasteiger charge is 2.26. The zero-order valence-electron chi connectivity index (χ0n) is 12.2. The average Bonchev–Trinajstić information content (AvgIpc) is 2.40. The van der Waals surface area contributed by atoms with Crippen LogP contribution in [0.25, 0.3) is 0 Å². The van der Waals surface area contributed by atoms with Gasteiger partial charge in [0.15, 0.2) is 0 Å².